The molecule has 21 heavy (non-hydrogen) atoms. The van der Waals surface area contributed by atoms with Crippen molar-refractivity contribution >= 4 is 15.9 Å². The second kappa shape index (κ2) is 5.21. The third-order valence-corrected chi connectivity index (χ3v) is 3.68. The molecule has 5 nitrogen and oxygen atoms in total. The lowest BCUT2D eigenvalue weighted by Crippen LogP contribution is -1.85. The Balaban J connectivity index is 2.08. The van der Waals surface area contributed by atoms with Crippen molar-refractivity contribution in [2.75, 3.05) is 0 Å². The zero-order chi connectivity index (χ0) is 15.0. The van der Waals surface area contributed by atoms with Gasteiger partial charge in [-0.05, 0) is 36.8 Å². The van der Waals surface area contributed by atoms with Crippen LogP contribution in [0.15, 0.2) is 45.4 Å². The van der Waals surface area contributed by atoms with Crippen LogP contribution in [0.25, 0.3) is 22.8 Å². The Bertz CT molecular complexity index is 794. The molecule has 0 radical (unpaired) electrons. The number of hydrogen-bond acceptors (Lipinski definition) is 5. The van der Waals surface area contributed by atoms with Crippen molar-refractivity contribution in [2.24, 2.45) is 0 Å². The molecule has 0 spiro atoms. The van der Waals surface area contributed by atoms with E-state index < -0.39 is 0 Å². The van der Waals surface area contributed by atoms with Gasteiger partial charge >= 0.3 is 0 Å². The summed E-state index contributed by atoms with van der Waals surface area (Å²) < 4.78 is 5.99. The highest BCUT2D eigenvalue weighted by molar-refractivity contribution is 9.10. The molecule has 0 unspecified atom stereocenters. The predicted molar refractivity (Wildman–Crippen MR) is 80.9 cm³/mol. The van der Waals surface area contributed by atoms with Gasteiger partial charge in [0.2, 0.25) is 5.82 Å². The molecule has 0 aliphatic rings. The Labute approximate surface area is 129 Å². The first-order valence-corrected chi connectivity index (χ1v) is 6.97. The highest BCUT2D eigenvalue weighted by Crippen LogP contribution is 2.37. The van der Waals surface area contributed by atoms with Gasteiger partial charge in [-0.3, -0.25) is 0 Å². The number of aryl methyl sites for hydroxylation is 1. The number of hydrogen-bond donors (Lipinski definition) is 2. The molecule has 0 saturated carbocycles. The van der Waals surface area contributed by atoms with E-state index in [0.29, 0.717) is 5.82 Å². The van der Waals surface area contributed by atoms with E-state index in [1.807, 2.05) is 25.1 Å². The van der Waals surface area contributed by atoms with Crippen molar-refractivity contribution in [2.45, 2.75) is 6.92 Å². The molecule has 1 heterocycles. The maximum Gasteiger partial charge on any atom is 0.265 e. The zero-order valence-electron chi connectivity index (χ0n) is 11.0. The van der Waals surface area contributed by atoms with Gasteiger partial charge in [0.25, 0.3) is 5.89 Å². The highest BCUT2D eigenvalue weighted by Gasteiger charge is 2.18. The summed E-state index contributed by atoms with van der Waals surface area (Å²) >= 11 is 3.46. The van der Waals surface area contributed by atoms with E-state index in [1.165, 1.54) is 18.2 Å². The molecule has 2 aromatic carbocycles. The molecule has 1 aromatic heterocycles. The molecule has 3 aromatic rings. The van der Waals surface area contributed by atoms with Crippen LogP contribution in [0.2, 0.25) is 0 Å². The van der Waals surface area contributed by atoms with Gasteiger partial charge in [-0.1, -0.05) is 33.2 Å². The minimum Gasteiger partial charge on any atom is -0.507 e. The molecular weight excluding hydrogens is 336 g/mol. The first-order chi connectivity index (χ1) is 10.1. The Morgan fingerprint density at radius 1 is 1.10 bits per heavy atom. The highest BCUT2D eigenvalue weighted by atomic mass is 79.9. The lowest BCUT2D eigenvalue weighted by molar-refractivity contribution is 0.416. The second-order valence-corrected chi connectivity index (χ2v) is 5.43. The number of aromatic hydroxyl groups is 2. The van der Waals surface area contributed by atoms with E-state index in [0.717, 1.165) is 15.6 Å². The van der Waals surface area contributed by atoms with Gasteiger partial charge in [-0.25, -0.2) is 0 Å². The standard InChI is InChI=1S/C15H11BrN2O3/c1-8-5-6-9(10(16)7-8)14-17-15(21-18-14)13-11(19)3-2-4-12(13)20/h2-7,19-20H,1H3. The normalized spacial score (nSPS) is 10.8. The molecular formula is C15H11BrN2O3. The number of aromatic nitrogens is 2. The fourth-order valence-electron chi connectivity index (χ4n) is 1.98. The summed E-state index contributed by atoms with van der Waals surface area (Å²) in [5.74, 6) is 0.203. The number of rotatable bonds is 2. The van der Waals surface area contributed by atoms with E-state index in [-0.39, 0.29) is 23.0 Å². The Morgan fingerprint density at radius 2 is 1.81 bits per heavy atom. The second-order valence-electron chi connectivity index (χ2n) is 4.58. The Kier molecular flexibility index (Phi) is 3.39. The van der Waals surface area contributed by atoms with E-state index in [1.54, 1.807) is 0 Å². The summed E-state index contributed by atoms with van der Waals surface area (Å²) in [5.41, 5.74) is 2.00. The fraction of sp³-hybridized carbons (Fsp3) is 0.0667. The number of phenols is 2. The lowest BCUT2D eigenvalue weighted by Gasteiger charge is -2.01. The summed E-state index contributed by atoms with van der Waals surface area (Å²) in [6.07, 6.45) is 0. The zero-order valence-corrected chi connectivity index (χ0v) is 12.6. The third kappa shape index (κ3) is 2.50. The predicted octanol–water partition coefficient (Wildman–Crippen LogP) is 3.89. The molecule has 3 rings (SSSR count). The summed E-state index contributed by atoms with van der Waals surface area (Å²) in [6.45, 7) is 1.98. The number of halogens is 1. The monoisotopic (exact) mass is 346 g/mol. The van der Waals surface area contributed by atoms with Crippen LogP contribution in [0.3, 0.4) is 0 Å². The molecule has 6 heteroatoms. The van der Waals surface area contributed by atoms with E-state index in [2.05, 4.69) is 26.1 Å². The Hall–Kier alpha value is -2.34. The molecule has 0 atom stereocenters. The molecule has 0 saturated heterocycles. The van der Waals surface area contributed by atoms with Gasteiger partial charge in [-0.15, -0.1) is 0 Å². The van der Waals surface area contributed by atoms with E-state index in [9.17, 15) is 10.2 Å². The maximum atomic E-state index is 9.82. The number of benzene rings is 2. The lowest BCUT2D eigenvalue weighted by atomic mass is 10.1. The van der Waals surface area contributed by atoms with Crippen molar-refractivity contribution in [3.05, 3.63) is 46.4 Å². The quantitative estimate of drug-likeness (QED) is 0.735. The van der Waals surface area contributed by atoms with E-state index >= 15 is 0 Å². The summed E-state index contributed by atoms with van der Waals surface area (Å²) in [4.78, 5) is 4.24. The third-order valence-electron chi connectivity index (χ3n) is 3.03. The van der Waals surface area contributed by atoms with Crippen molar-refractivity contribution in [1.29, 1.82) is 0 Å². The number of phenolic OH excluding ortho intramolecular Hbond substituents is 2. The topological polar surface area (TPSA) is 79.4 Å². The molecule has 0 aliphatic heterocycles. The molecule has 0 aliphatic carbocycles. The van der Waals surface area contributed by atoms with Crippen LogP contribution in [0, 0.1) is 6.92 Å². The molecule has 2 N–H and O–H groups in total. The van der Waals surface area contributed by atoms with Gasteiger partial charge < -0.3 is 14.7 Å². The van der Waals surface area contributed by atoms with Gasteiger partial charge in [0.15, 0.2) is 0 Å². The average Bonchev–Trinajstić information content (AvgIpc) is 2.87. The van der Waals surface area contributed by atoms with Gasteiger partial charge in [0.05, 0.1) is 0 Å². The summed E-state index contributed by atoms with van der Waals surface area (Å²) in [7, 11) is 0. The fourth-order valence-corrected chi connectivity index (χ4v) is 2.65. The molecule has 106 valence electrons. The molecule has 0 amide bonds. The average molecular weight is 347 g/mol. The van der Waals surface area contributed by atoms with Crippen LogP contribution in [0.5, 0.6) is 11.5 Å². The van der Waals surface area contributed by atoms with Gasteiger partial charge in [-0.2, -0.15) is 4.98 Å². The van der Waals surface area contributed by atoms with Crippen LogP contribution in [0.1, 0.15) is 5.56 Å². The van der Waals surface area contributed by atoms with Crippen LogP contribution < -0.4 is 0 Å². The van der Waals surface area contributed by atoms with Crippen LogP contribution >= 0.6 is 15.9 Å². The van der Waals surface area contributed by atoms with Crippen LogP contribution in [-0.4, -0.2) is 20.4 Å². The minimum absolute atomic E-state index is 0.0630. The SMILES string of the molecule is Cc1ccc(-c2noc(-c3c(O)cccc3O)n2)c(Br)c1. The van der Waals surface area contributed by atoms with Crippen LogP contribution in [0.4, 0.5) is 0 Å². The summed E-state index contributed by atoms with van der Waals surface area (Å²) in [5, 5.41) is 23.5. The van der Waals surface area contributed by atoms with Gasteiger partial charge in [0, 0.05) is 10.0 Å². The number of nitrogens with zero attached hydrogens (tertiary/aromatic N) is 2. The first kappa shape index (κ1) is 13.6. The van der Waals surface area contributed by atoms with Crippen molar-refractivity contribution in [3.63, 3.8) is 0 Å². The van der Waals surface area contributed by atoms with Crippen molar-refractivity contribution in [3.8, 4) is 34.3 Å². The van der Waals surface area contributed by atoms with Gasteiger partial charge in [0.1, 0.15) is 17.1 Å². The van der Waals surface area contributed by atoms with E-state index in [4.69, 9.17) is 4.52 Å². The first-order valence-electron chi connectivity index (χ1n) is 6.18. The van der Waals surface area contributed by atoms with Crippen LogP contribution in [-0.2, 0) is 0 Å². The van der Waals surface area contributed by atoms with Crippen molar-refractivity contribution < 1.29 is 14.7 Å². The summed E-state index contributed by atoms with van der Waals surface area (Å²) in [6, 6.07) is 10.2. The minimum atomic E-state index is -0.117. The smallest absolute Gasteiger partial charge is 0.265 e. The molecule has 0 fully saturated rings. The Morgan fingerprint density at radius 3 is 2.48 bits per heavy atom. The largest absolute Gasteiger partial charge is 0.507 e. The van der Waals surface area contributed by atoms with Crippen molar-refractivity contribution in [1.82, 2.24) is 10.1 Å². The molecule has 0 bridgehead atoms. The maximum absolute atomic E-state index is 9.82.